The van der Waals surface area contributed by atoms with Gasteiger partial charge in [0.2, 0.25) is 0 Å². The lowest BCUT2D eigenvalue weighted by Gasteiger charge is -2.18. The Morgan fingerprint density at radius 2 is 0.481 bits per heavy atom. The van der Waals surface area contributed by atoms with Gasteiger partial charge in [-0.1, -0.05) is 312 Å². The van der Waals surface area contributed by atoms with Gasteiger partial charge in [0.1, 0.15) is 13.2 Å². The smallest absolute Gasteiger partial charge is 0.306 e. The van der Waals surface area contributed by atoms with Crippen molar-refractivity contribution < 1.29 is 28.6 Å². The van der Waals surface area contributed by atoms with Crippen molar-refractivity contribution in [2.45, 2.75) is 374 Å². The first-order valence-electron chi connectivity index (χ1n) is 35.4. The number of carbonyl (C=O) groups excluding carboxylic acids is 3. The van der Waals surface area contributed by atoms with Crippen LogP contribution in [0.1, 0.15) is 367 Å². The van der Waals surface area contributed by atoms with Crippen LogP contribution in [0, 0.1) is 0 Å². The second-order valence-corrected chi connectivity index (χ2v) is 23.8. The van der Waals surface area contributed by atoms with Gasteiger partial charge in [-0.15, -0.1) is 0 Å². The molecule has 0 spiro atoms. The molecule has 0 aliphatic rings. The lowest BCUT2D eigenvalue weighted by molar-refractivity contribution is -0.167. The summed E-state index contributed by atoms with van der Waals surface area (Å²) in [6.45, 7) is 6.55. The lowest BCUT2D eigenvalue weighted by atomic mass is 10.0. The number of carbonyl (C=O) groups is 3. The zero-order chi connectivity index (χ0) is 58.5. The van der Waals surface area contributed by atoms with Gasteiger partial charge in [-0.25, -0.2) is 0 Å². The standard InChI is InChI=1S/C75H134O6/c1-4-7-10-13-16-19-22-25-27-29-31-33-35-36-37-38-40-41-43-45-47-50-53-56-59-62-65-68-74(77)80-71-72(70-79-73(76)67-64-61-58-55-52-49-24-21-18-15-12-9-6-3)81-75(78)69-66-63-60-57-54-51-48-46-44-42-39-34-32-30-28-26-23-20-17-14-11-8-5-2/h8,11,17,20-21,24,26,28-29,31-32,34,72H,4-7,9-10,12-16,18-19,22-23,25,27,30,33,35-71H2,1-3H3/b11-8-,20-17-,24-21-,28-26-,31-29-,34-32-. The molecule has 1 unspecified atom stereocenters. The first kappa shape index (κ1) is 77.9. The van der Waals surface area contributed by atoms with E-state index in [9.17, 15) is 14.4 Å². The maximum Gasteiger partial charge on any atom is 0.306 e. The Balaban J connectivity index is 4.25. The summed E-state index contributed by atoms with van der Waals surface area (Å²) in [4.78, 5) is 38.4. The topological polar surface area (TPSA) is 78.9 Å². The lowest BCUT2D eigenvalue weighted by Crippen LogP contribution is -2.30. The van der Waals surface area contributed by atoms with Gasteiger partial charge in [0.05, 0.1) is 0 Å². The largest absolute Gasteiger partial charge is 0.462 e. The van der Waals surface area contributed by atoms with Crippen LogP contribution in [0.5, 0.6) is 0 Å². The molecule has 0 radical (unpaired) electrons. The van der Waals surface area contributed by atoms with Crippen molar-refractivity contribution in [2.24, 2.45) is 0 Å². The second kappa shape index (κ2) is 69.3. The maximum absolute atomic E-state index is 13.0. The summed E-state index contributed by atoms with van der Waals surface area (Å²) in [5, 5.41) is 0. The van der Waals surface area contributed by atoms with E-state index in [0.29, 0.717) is 19.3 Å². The molecule has 0 saturated heterocycles. The first-order valence-corrected chi connectivity index (χ1v) is 35.4. The molecule has 0 aliphatic heterocycles. The van der Waals surface area contributed by atoms with Crippen molar-refractivity contribution in [1.82, 2.24) is 0 Å². The summed E-state index contributed by atoms with van der Waals surface area (Å²) < 4.78 is 17.0. The van der Waals surface area contributed by atoms with Gasteiger partial charge in [-0.05, 0) is 109 Å². The molecule has 6 nitrogen and oxygen atoms in total. The Hall–Kier alpha value is -3.15. The molecule has 0 aromatic carbocycles. The number of allylic oxidation sites excluding steroid dienone is 12. The summed E-state index contributed by atoms with van der Waals surface area (Å²) in [7, 11) is 0. The molecule has 0 aromatic rings. The fourth-order valence-corrected chi connectivity index (χ4v) is 10.4. The molecular weight excluding hydrogens is 997 g/mol. The van der Waals surface area contributed by atoms with Gasteiger partial charge in [0, 0.05) is 19.3 Å². The van der Waals surface area contributed by atoms with E-state index in [2.05, 4.69) is 93.7 Å². The molecule has 470 valence electrons. The van der Waals surface area contributed by atoms with E-state index in [0.717, 1.165) is 89.9 Å². The Bertz CT molecular complexity index is 1490. The molecule has 0 bridgehead atoms. The minimum absolute atomic E-state index is 0.0766. The Labute approximate surface area is 503 Å². The van der Waals surface area contributed by atoms with E-state index in [4.69, 9.17) is 14.2 Å². The summed E-state index contributed by atoms with van der Waals surface area (Å²) in [6, 6.07) is 0. The highest BCUT2D eigenvalue weighted by Gasteiger charge is 2.19. The van der Waals surface area contributed by atoms with Crippen LogP contribution in [0.3, 0.4) is 0 Å². The van der Waals surface area contributed by atoms with Gasteiger partial charge >= 0.3 is 17.9 Å². The molecule has 0 N–H and O–H groups in total. The van der Waals surface area contributed by atoms with Crippen LogP contribution in [-0.4, -0.2) is 37.2 Å². The number of hydrogen-bond donors (Lipinski definition) is 0. The van der Waals surface area contributed by atoms with Gasteiger partial charge in [-0.2, -0.15) is 0 Å². The van der Waals surface area contributed by atoms with Crippen molar-refractivity contribution in [3.63, 3.8) is 0 Å². The van der Waals surface area contributed by atoms with Crippen molar-refractivity contribution in [2.75, 3.05) is 13.2 Å². The third-order valence-electron chi connectivity index (χ3n) is 15.7. The molecule has 0 fully saturated rings. The van der Waals surface area contributed by atoms with Crippen LogP contribution in [-0.2, 0) is 28.6 Å². The van der Waals surface area contributed by atoms with Crippen LogP contribution in [0.4, 0.5) is 0 Å². The quantitative estimate of drug-likeness (QED) is 0.0261. The molecule has 0 heterocycles. The fourth-order valence-electron chi connectivity index (χ4n) is 10.4. The summed E-state index contributed by atoms with van der Waals surface area (Å²) >= 11 is 0. The molecule has 0 saturated carbocycles. The molecule has 6 heteroatoms. The molecule has 0 aromatic heterocycles. The highest BCUT2D eigenvalue weighted by molar-refractivity contribution is 5.71. The van der Waals surface area contributed by atoms with Crippen molar-refractivity contribution in [3.8, 4) is 0 Å². The average Bonchev–Trinajstić information content (AvgIpc) is 3.46. The van der Waals surface area contributed by atoms with E-state index >= 15 is 0 Å². The van der Waals surface area contributed by atoms with E-state index in [1.54, 1.807) is 0 Å². The van der Waals surface area contributed by atoms with Gasteiger partial charge < -0.3 is 14.2 Å². The zero-order valence-corrected chi connectivity index (χ0v) is 54.1. The van der Waals surface area contributed by atoms with Crippen LogP contribution in [0.15, 0.2) is 72.9 Å². The Morgan fingerprint density at radius 1 is 0.259 bits per heavy atom. The SMILES string of the molecule is CC/C=C\C/C=C\C/C=C\C/C=C\CCCCCCCCCCCCC(=O)OC(COC(=O)CCCCCCC/C=C\CCCCCC)COC(=O)CCCCCCCCCCCCCCCCC/C=C\CCCCCCCCCC. The normalized spacial score (nSPS) is 12.5. The molecule has 1 atom stereocenters. The molecular formula is C75H134O6. The molecule has 0 amide bonds. The van der Waals surface area contributed by atoms with Crippen molar-refractivity contribution in [3.05, 3.63) is 72.9 Å². The minimum atomic E-state index is -0.782. The highest BCUT2D eigenvalue weighted by atomic mass is 16.6. The molecule has 0 aliphatic carbocycles. The number of ether oxygens (including phenoxy) is 3. The summed E-state index contributed by atoms with van der Waals surface area (Å²) in [6.07, 6.45) is 90.7. The third-order valence-corrected chi connectivity index (χ3v) is 15.7. The second-order valence-electron chi connectivity index (χ2n) is 23.8. The molecule has 0 rings (SSSR count). The Morgan fingerprint density at radius 3 is 0.778 bits per heavy atom. The predicted octanol–water partition coefficient (Wildman–Crippen LogP) is 24.4. The van der Waals surface area contributed by atoms with E-state index < -0.39 is 6.10 Å². The number of esters is 3. The van der Waals surface area contributed by atoms with Crippen LogP contribution in [0.25, 0.3) is 0 Å². The predicted molar refractivity (Wildman–Crippen MR) is 353 cm³/mol. The van der Waals surface area contributed by atoms with Crippen LogP contribution in [0.2, 0.25) is 0 Å². The summed E-state index contributed by atoms with van der Waals surface area (Å²) in [5.41, 5.74) is 0. The highest BCUT2D eigenvalue weighted by Crippen LogP contribution is 2.18. The van der Waals surface area contributed by atoms with Crippen molar-refractivity contribution in [1.29, 1.82) is 0 Å². The first-order chi connectivity index (χ1) is 40.0. The van der Waals surface area contributed by atoms with Gasteiger partial charge in [0.25, 0.3) is 0 Å². The fraction of sp³-hybridized carbons (Fsp3) is 0.800. The van der Waals surface area contributed by atoms with E-state index in [1.807, 2.05) is 0 Å². The summed E-state index contributed by atoms with van der Waals surface area (Å²) in [5.74, 6) is -0.870. The minimum Gasteiger partial charge on any atom is -0.462 e. The number of unbranched alkanes of at least 4 members (excludes halogenated alkanes) is 42. The van der Waals surface area contributed by atoms with Crippen LogP contribution >= 0.6 is 0 Å². The zero-order valence-electron chi connectivity index (χ0n) is 54.1. The van der Waals surface area contributed by atoms with Crippen LogP contribution < -0.4 is 0 Å². The van der Waals surface area contributed by atoms with Gasteiger partial charge in [-0.3, -0.25) is 14.4 Å². The maximum atomic E-state index is 13.0. The number of hydrogen-bond acceptors (Lipinski definition) is 6. The van der Waals surface area contributed by atoms with E-state index in [1.165, 1.54) is 238 Å². The van der Waals surface area contributed by atoms with Gasteiger partial charge in [0.15, 0.2) is 6.10 Å². The Kier molecular flexibility index (Phi) is 66.6. The number of rotatable bonds is 65. The van der Waals surface area contributed by atoms with E-state index in [-0.39, 0.29) is 31.1 Å². The van der Waals surface area contributed by atoms with Crippen molar-refractivity contribution >= 4 is 17.9 Å². The average molecular weight is 1130 g/mol. The monoisotopic (exact) mass is 1130 g/mol. The third kappa shape index (κ3) is 67.5. The molecule has 81 heavy (non-hydrogen) atoms.